The first kappa shape index (κ1) is 14.2. The van der Waals surface area contributed by atoms with Gasteiger partial charge in [0.05, 0.1) is 11.5 Å². The lowest BCUT2D eigenvalue weighted by atomic mass is 10.4. The molecular weight excluding hydrogens is 311 g/mol. The second-order valence-corrected chi connectivity index (χ2v) is 5.24. The highest BCUT2D eigenvalue weighted by atomic mass is 35.5. The number of hydrogen-bond donors (Lipinski definition) is 0. The molecule has 0 radical (unpaired) electrons. The van der Waals surface area contributed by atoms with Crippen molar-refractivity contribution in [3.05, 3.63) is 47.3 Å². The molecule has 0 aromatic carbocycles. The van der Waals surface area contributed by atoms with Gasteiger partial charge in [-0.1, -0.05) is 0 Å². The van der Waals surface area contributed by atoms with E-state index in [0.717, 1.165) is 0 Å². The summed E-state index contributed by atoms with van der Waals surface area (Å²) >= 11 is 12.1. The maximum absolute atomic E-state index is 10.8. The van der Waals surface area contributed by atoms with Crippen molar-refractivity contribution in [2.45, 2.75) is 11.5 Å². The van der Waals surface area contributed by atoms with Gasteiger partial charge in [0.25, 0.3) is 10.5 Å². The van der Waals surface area contributed by atoms with Gasteiger partial charge in [-0.2, -0.15) is 0 Å². The van der Waals surface area contributed by atoms with Gasteiger partial charge in [0.15, 0.2) is 11.5 Å². The van der Waals surface area contributed by atoms with Crippen LogP contribution < -0.4 is 0 Å². The van der Waals surface area contributed by atoms with Crippen molar-refractivity contribution in [2.24, 2.45) is 0 Å². The summed E-state index contributed by atoms with van der Waals surface area (Å²) < 4.78 is 10.4. The Balaban J connectivity index is 1.85. The van der Waals surface area contributed by atoms with Gasteiger partial charge in [-0.05, 0) is 47.5 Å². The van der Waals surface area contributed by atoms with Crippen LogP contribution in [0, 0.1) is 0 Å². The molecule has 7 heteroatoms. The van der Waals surface area contributed by atoms with E-state index in [2.05, 4.69) is 0 Å². The fraction of sp³-hybridized carbons (Fsp3) is 0.167. The minimum atomic E-state index is -0.618. The van der Waals surface area contributed by atoms with Crippen molar-refractivity contribution < 1.29 is 18.4 Å². The standard InChI is InChI=1S/C12H8Cl2O4S/c13-11(15)9-3-1-7(17-9)5-19-6-8-2-4-10(18-8)12(14)16/h1-4H,5-6H2. The Labute approximate surface area is 123 Å². The maximum atomic E-state index is 10.8. The normalized spacial score (nSPS) is 10.6. The third kappa shape index (κ3) is 3.89. The number of thioether (sulfide) groups is 1. The van der Waals surface area contributed by atoms with E-state index in [0.29, 0.717) is 23.0 Å². The van der Waals surface area contributed by atoms with E-state index in [4.69, 9.17) is 32.0 Å². The predicted octanol–water partition coefficient (Wildman–Crippen LogP) is 4.06. The minimum Gasteiger partial charge on any atom is -0.456 e. The molecule has 0 saturated carbocycles. The molecule has 0 aliphatic heterocycles. The molecule has 2 aromatic rings. The second kappa shape index (κ2) is 6.32. The summed E-state index contributed by atoms with van der Waals surface area (Å²) in [6.45, 7) is 0. The van der Waals surface area contributed by atoms with Crippen molar-refractivity contribution in [1.82, 2.24) is 0 Å². The van der Waals surface area contributed by atoms with Gasteiger partial charge in [-0.15, -0.1) is 11.8 Å². The van der Waals surface area contributed by atoms with Crippen LogP contribution in [0.2, 0.25) is 0 Å². The van der Waals surface area contributed by atoms with Crippen LogP contribution in [0.4, 0.5) is 0 Å². The van der Waals surface area contributed by atoms with Crippen molar-refractivity contribution in [3.8, 4) is 0 Å². The molecule has 100 valence electrons. The van der Waals surface area contributed by atoms with Gasteiger partial charge in [0.1, 0.15) is 11.5 Å². The Bertz CT molecular complexity index is 550. The van der Waals surface area contributed by atoms with Gasteiger partial charge in [0, 0.05) is 0 Å². The smallest absolute Gasteiger partial charge is 0.287 e. The second-order valence-electron chi connectivity index (χ2n) is 3.57. The monoisotopic (exact) mass is 318 g/mol. The molecule has 0 atom stereocenters. The lowest BCUT2D eigenvalue weighted by Crippen LogP contribution is -1.84. The highest BCUT2D eigenvalue weighted by molar-refractivity contribution is 7.97. The minimum absolute atomic E-state index is 0.130. The molecule has 0 aliphatic carbocycles. The first-order chi connectivity index (χ1) is 9.06. The molecule has 0 aliphatic rings. The molecule has 0 unspecified atom stereocenters. The highest BCUT2D eigenvalue weighted by Gasteiger charge is 2.10. The summed E-state index contributed by atoms with van der Waals surface area (Å²) in [5, 5.41) is -1.24. The number of furan rings is 2. The highest BCUT2D eigenvalue weighted by Crippen LogP contribution is 2.21. The molecule has 2 aromatic heterocycles. The van der Waals surface area contributed by atoms with E-state index in [1.807, 2.05) is 0 Å². The third-order valence-corrected chi connectivity index (χ3v) is 3.55. The predicted molar refractivity (Wildman–Crippen MR) is 72.8 cm³/mol. The Morgan fingerprint density at radius 3 is 1.63 bits per heavy atom. The molecule has 2 heterocycles. The number of carbonyl (C=O) groups is 2. The van der Waals surface area contributed by atoms with Crippen molar-refractivity contribution >= 4 is 45.4 Å². The molecule has 0 fully saturated rings. The summed E-state index contributed by atoms with van der Waals surface area (Å²) in [5.41, 5.74) is 0. The average molecular weight is 319 g/mol. The van der Waals surface area contributed by atoms with Gasteiger partial charge < -0.3 is 8.83 Å². The Hall–Kier alpha value is -1.17. The summed E-state index contributed by atoms with van der Waals surface area (Å²) in [6.07, 6.45) is 0. The molecule has 0 N–H and O–H groups in total. The lowest BCUT2D eigenvalue weighted by Gasteiger charge is -1.96. The Morgan fingerprint density at radius 1 is 0.895 bits per heavy atom. The van der Waals surface area contributed by atoms with Crippen molar-refractivity contribution in [1.29, 1.82) is 0 Å². The topological polar surface area (TPSA) is 60.4 Å². The molecule has 0 amide bonds. The molecule has 0 spiro atoms. The van der Waals surface area contributed by atoms with Crippen LogP contribution in [0.1, 0.15) is 32.6 Å². The Kier molecular flexibility index (Phi) is 4.74. The van der Waals surface area contributed by atoms with E-state index >= 15 is 0 Å². The summed E-state index contributed by atoms with van der Waals surface area (Å²) in [7, 11) is 0. The van der Waals surface area contributed by atoms with Crippen LogP contribution in [0.15, 0.2) is 33.1 Å². The lowest BCUT2D eigenvalue weighted by molar-refractivity contribution is 0.104. The molecular formula is C12H8Cl2O4S. The van der Waals surface area contributed by atoms with Crippen LogP contribution in [0.3, 0.4) is 0 Å². The zero-order chi connectivity index (χ0) is 13.8. The van der Waals surface area contributed by atoms with Crippen LogP contribution >= 0.6 is 35.0 Å². The molecule has 0 bridgehead atoms. The SMILES string of the molecule is O=C(Cl)c1ccc(CSCc2ccc(C(=O)Cl)o2)o1. The van der Waals surface area contributed by atoms with Gasteiger partial charge in [0.2, 0.25) is 0 Å². The fourth-order valence-electron chi connectivity index (χ4n) is 1.37. The zero-order valence-corrected chi connectivity index (χ0v) is 11.8. The van der Waals surface area contributed by atoms with E-state index in [-0.39, 0.29) is 11.5 Å². The first-order valence-corrected chi connectivity index (χ1v) is 7.12. The van der Waals surface area contributed by atoms with Crippen molar-refractivity contribution in [2.75, 3.05) is 0 Å². The number of rotatable bonds is 6. The van der Waals surface area contributed by atoms with Crippen molar-refractivity contribution in [3.63, 3.8) is 0 Å². The Morgan fingerprint density at radius 2 is 1.32 bits per heavy atom. The van der Waals surface area contributed by atoms with Gasteiger partial charge in [-0.25, -0.2) is 0 Å². The summed E-state index contributed by atoms with van der Waals surface area (Å²) in [6, 6.07) is 6.45. The summed E-state index contributed by atoms with van der Waals surface area (Å²) in [4.78, 5) is 21.7. The van der Waals surface area contributed by atoms with E-state index < -0.39 is 10.5 Å². The molecule has 4 nitrogen and oxygen atoms in total. The van der Waals surface area contributed by atoms with Crippen LogP contribution in [0.5, 0.6) is 0 Å². The molecule has 2 rings (SSSR count). The van der Waals surface area contributed by atoms with Gasteiger partial charge >= 0.3 is 0 Å². The summed E-state index contributed by atoms with van der Waals surface area (Å²) in [5.74, 6) is 2.68. The third-order valence-electron chi connectivity index (χ3n) is 2.20. The molecule has 19 heavy (non-hydrogen) atoms. The average Bonchev–Trinajstić information content (AvgIpc) is 2.97. The zero-order valence-electron chi connectivity index (χ0n) is 9.52. The quantitative estimate of drug-likeness (QED) is 0.751. The van der Waals surface area contributed by atoms with E-state index in [1.165, 1.54) is 23.9 Å². The van der Waals surface area contributed by atoms with Crippen LogP contribution in [0.25, 0.3) is 0 Å². The van der Waals surface area contributed by atoms with Crippen LogP contribution in [-0.2, 0) is 11.5 Å². The maximum Gasteiger partial charge on any atom is 0.287 e. The fourth-order valence-corrected chi connectivity index (χ4v) is 2.39. The number of carbonyl (C=O) groups excluding carboxylic acids is 2. The number of hydrogen-bond acceptors (Lipinski definition) is 5. The van der Waals surface area contributed by atoms with E-state index in [9.17, 15) is 9.59 Å². The van der Waals surface area contributed by atoms with Gasteiger partial charge in [-0.3, -0.25) is 9.59 Å². The first-order valence-electron chi connectivity index (χ1n) is 5.21. The number of halogens is 2. The van der Waals surface area contributed by atoms with Crippen LogP contribution in [-0.4, -0.2) is 10.5 Å². The van der Waals surface area contributed by atoms with E-state index in [1.54, 1.807) is 12.1 Å². The molecule has 0 saturated heterocycles. The largest absolute Gasteiger partial charge is 0.456 e.